The second-order valence-corrected chi connectivity index (χ2v) is 9.17. The fraction of sp³-hybridized carbons (Fsp3) is 0. The summed E-state index contributed by atoms with van der Waals surface area (Å²) < 4.78 is 0. The highest BCUT2D eigenvalue weighted by atomic mass is 15.1. The molecule has 0 aliphatic rings. The SMILES string of the molecule is c1ccc(Nc2ccc(-c3ccc(N(c4ccccc4)c4ccccc4-c4ccccc4)cc3)cc2)cc1. The highest BCUT2D eigenvalue weighted by Crippen LogP contribution is 2.41. The normalized spacial score (nSPS) is 10.6. The van der Waals surface area contributed by atoms with E-state index in [1.807, 2.05) is 18.2 Å². The standard InChI is InChI=1S/C36H28N2/c1-4-12-30(13-5-1)35-18-10-11-19-36(35)38(33-16-8-3-9-17-33)34-26-22-29(23-27-34)28-20-24-32(25-21-28)37-31-14-6-2-7-15-31/h1-27,37H. The Hall–Kier alpha value is -5.08. The van der Waals surface area contributed by atoms with Gasteiger partial charge < -0.3 is 10.2 Å². The van der Waals surface area contributed by atoms with Crippen LogP contribution in [-0.2, 0) is 0 Å². The van der Waals surface area contributed by atoms with Gasteiger partial charge >= 0.3 is 0 Å². The van der Waals surface area contributed by atoms with Crippen molar-refractivity contribution in [3.63, 3.8) is 0 Å². The van der Waals surface area contributed by atoms with E-state index in [0.717, 1.165) is 28.4 Å². The molecule has 0 saturated carbocycles. The van der Waals surface area contributed by atoms with E-state index >= 15 is 0 Å². The first kappa shape index (κ1) is 23.3. The third-order valence-electron chi connectivity index (χ3n) is 6.65. The molecule has 6 rings (SSSR count). The first-order valence-electron chi connectivity index (χ1n) is 12.9. The Kier molecular flexibility index (Phi) is 6.69. The van der Waals surface area contributed by atoms with Crippen LogP contribution in [0.15, 0.2) is 164 Å². The second-order valence-electron chi connectivity index (χ2n) is 9.17. The van der Waals surface area contributed by atoms with Crippen molar-refractivity contribution in [2.24, 2.45) is 0 Å². The number of benzene rings is 6. The van der Waals surface area contributed by atoms with E-state index < -0.39 is 0 Å². The highest BCUT2D eigenvalue weighted by Gasteiger charge is 2.16. The van der Waals surface area contributed by atoms with Gasteiger partial charge in [-0.3, -0.25) is 0 Å². The Morgan fingerprint density at radius 3 is 1.47 bits per heavy atom. The van der Waals surface area contributed by atoms with Gasteiger partial charge in [-0.15, -0.1) is 0 Å². The van der Waals surface area contributed by atoms with Crippen LogP contribution in [0.1, 0.15) is 0 Å². The summed E-state index contributed by atoms with van der Waals surface area (Å²) in [7, 11) is 0. The first-order chi connectivity index (χ1) is 18.8. The van der Waals surface area contributed by atoms with Crippen LogP contribution >= 0.6 is 0 Å². The van der Waals surface area contributed by atoms with E-state index in [1.54, 1.807) is 0 Å². The summed E-state index contributed by atoms with van der Waals surface area (Å²) in [5, 5.41) is 3.46. The number of nitrogens with one attached hydrogen (secondary N) is 1. The van der Waals surface area contributed by atoms with Crippen molar-refractivity contribution >= 4 is 28.4 Å². The lowest BCUT2D eigenvalue weighted by atomic mass is 10.0. The Morgan fingerprint density at radius 1 is 0.342 bits per heavy atom. The molecular formula is C36H28N2. The average Bonchev–Trinajstić information content (AvgIpc) is 3.00. The zero-order chi connectivity index (χ0) is 25.6. The minimum Gasteiger partial charge on any atom is -0.356 e. The molecule has 0 aliphatic carbocycles. The van der Waals surface area contributed by atoms with Crippen LogP contribution in [-0.4, -0.2) is 0 Å². The quantitative estimate of drug-likeness (QED) is 0.240. The smallest absolute Gasteiger partial charge is 0.0540 e. The molecule has 0 radical (unpaired) electrons. The molecule has 0 aliphatic heterocycles. The van der Waals surface area contributed by atoms with Crippen LogP contribution in [0.25, 0.3) is 22.3 Å². The lowest BCUT2D eigenvalue weighted by molar-refractivity contribution is 1.28. The molecule has 2 heteroatoms. The summed E-state index contributed by atoms with van der Waals surface area (Å²) in [4.78, 5) is 2.33. The van der Waals surface area contributed by atoms with Gasteiger partial charge in [0.15, 0.2) is 0 Å². The zero-order valence-electron chi connectivity index (χ0n) is 21.0. The molecule has 38 heavy (non-hydrogen) atoms. The van der Waals surface area contributed by atoms with Crippen LogP contribution in [0.3, 0.4) is 0 Å². The molecule has 0 aromatic heterocycles. The fourth-order valence-electron chi connectivity index (χ4n) is 4.77. The summed E-state index contributed by atoms with van der Waals surface area (Å²) in [6.45, 7) is 0. The van der Waals surface area contributed by atoms with E-state index in [4.69, 9.17) is 0 Å². The van der Waals surface area contributed by atoms with Crippen molar-refractivity contribution in [2.45, 2.75) is 0 Å². The molecule has 0 amide bonds. The molecular weight excluding hydrogens is 460 g/mol. The Balaban J connectivity index is 1.33. The second kappa shape index (κ2) is 10.9. The minimum absolute atomic E-state index is 1.07. The lowest BCUT2D eigenvalue weighted by Gasteiger charge is -2.28. The molecule has 6 aromatic carbocycles. The molecule has 0 fully saturated rings. The van der Waals surface area contributed by atoms with Crippen molar-refractivity contribution in [1.29, 1.82) is 0 Å². The summed E-state index contributed by atoms with van der Waals surface area (Å²) in [6, 6.07) is 57.4. The molecule has 182 valence electrons. The van der Waals surface area contributed by atoms with Crippen LogP contribution in [0, 0.1) is 0 Å². The highest BCUT2D eigenvalue weighted by molar-refractivity contribution is 5.88. The third kappa shape index (κ3) is 5.07. The van der Waals surface area contributed by atoms with E-state index in [2.05, 4.69) is 156 Å². The van der Waals surface area contributed by atoms with Crippen LogP contribution < -0.4 is 10.2 Å². The van der Waals surface area contributed by atoms with Gasteiger partial charge in [-0.05, 0) is 71.3 Å². The van der Waals surface area contributed by atoms with Gasteiger partial charge in [0, 0.05) is 28.3 Å². The van der Waals surface area contributed by atoms with Crippen LogP contribution in [0.5, 0.6) is 0 Å². The number of para-hydroxylation sites is 3. The molecule has 0 saturated heterocycles. The first-order valence-corrected chi connectivity index (χ1v) is 12.9. The number of hydrogen-bond donors (Lipinski definition) is 1. The zero-order valence-corrected chi connectivity index (χ0v) is 21.0. The van der Waals surface area contributed by atoms with Gasteiger partial charge in [0.25, 0.3) is 0 Å². The monoisotopic (exact) mass is 488 g/mol. The van der Waals surface area contributed by atoms with E-state index in [1.165, 1.54) is 22.3 Å². The van der Waals surface area contributed by atoms with E-state index in [0.29, 0.717) is 0 Å². The molecule has 1 N–H and O–H groups in total. The van der Waals surface area contributed by atoms with E-state index in [9.17, 15) is 0 Å². The van der Waals surface area contributed by atoms with Gasteiger partial charge in [0.2, 0.25) is 0 Å². The Labute approximate surface area is 224 Å². The molecule has 2 nitrogen and oxygen atoms in total. The molecule has 0 heterocycles. The Morgan fingerprint density at radius 2 is 0.816 bits per heavy atom. The molecule has 0 bridgehead atoms. The number of anilines is 5. The molecule has 0 spiro atoms. The van der Waals surface area contributed by atoms with Gasteiger partial charge in [-0.25, -0.2) is 0 Å². The predicted octanol–water partition coefficient (Wildman–Crippen LogP) is 10.2. The summed E-state index contributed by atoms with van der Waals surface area (Å²) in [6.07, 6.45) is 0. The van der Waals surface area contributed by atoms with Gasteiger partial charge in [0.05, 0.1) is 5.69 Å². The van der Waals surface area contributed by atoms with Crippen molar-refractivity contribution in [1.82, 2.24) is 0 Å². The Bertz CT molecular complexity index is 1590. The molecule has 6 aromatic rings. The predicted molar refractivity (Wildman–Crippen MR) is 162 cm³/mol. The molecule has 0 unspecified atom stereocenters. The summed E-state index contributed by atoms with van der Waals surface area (Å²) in [5.74, 6) is 0. The van der Waals surface area contributed by atoms with Crippen molar-refractivity contribution in [2.75, 3.05) is 10.2 Å². The minimum atomic E-state index is 1.07. The summed E-state index contributed by atoms with van der Waals surface area (Å²) in [5.41, 5.74) is 10.3. The maximum absolute atomic E-state index is 3.46. The van der Waals surface area contributed by atoms with Crippen LogP contribution in [0.4, 0.5) is 28.4 Å². The largest absolute Gasteiger partial charge is 0.356 e. The lowest BCUT2D eigenvalue weighted by Crippen LogP contribution is -2.11. The van der Waals surface area contributed by atoms with Gasteiger partial charge in [0.1, 0.15) is 0 Å². The number of hydrogen-bond acceptors (Lipinski definition) is 2. The van der Waals surface area contributed by atoms with E-state index in [-0.39, 0.29) is 0 Å². The number of rotatable bonds is 7. The van der Waals surface area contributed by atoms with Crippen molar-refractivity contribution in [3.8, 4) is 22.3 Å². The van der Waals surface area contributed by atoms with Gasteiger partial charge in [-0.1, -0.05) is 109 Å². The van der Waals surface area contributed by atoms with Crippen molar-refractivity contribution in [3.05, 3.63) is 164 Å². The average molecular weight is 489 g/mol. The maximum Gasteiger partial charge on any atom is 0.0540 e. The fourth-order valence-corrected chi connectivity index (χ4v) is 4.77. The van der Waals surface area contributed by atoms with Crippen molar-refractivity contribution < 1.29 is 0 Å². The van der Waals surface area contributed by atoms with Crippen LogP contribution in [0.2, 0.25) is 0 Å². The maximum atomic E-state index is 3.46. The number of nitrogens with zero attached hydrogens (tertiary/aromatic N) is 1. The summed E-state index contributed by atoms with van der Waals surface area (Å²) >= 11 is 0. The molecule has 0 atom stereocenters. The van der Waals surface area contributed by atoms with Gasteiger partial charge in [-0.2, -0.15) is 0 Å². The third-order valence-corrected chi connectivity index (χ3v) is 6.65. The topological polar surface area (TPSA) is 15.3 Å².